The zero-order valence-electron chi connectivity index (χ0n) is 16.4. The standard InChI is InChI=1S/C21H25NO5/c1-14-6-8-17(26-14)12-22(13-18-9-7-15(2)27-18)16-10-19(23-3)21(25-5)20(11-16)24-4/h6-11H,12-13H2,1-5H3. The van der Waals surface area contributed by atoms with Crippen LogP contribution in [-0.2, 0) is 13.1 Å². The summed E-state index contributed by atoms with van der Waals surface area (Å²) in [5, 5.41) is 0. The Morgan fingerprint density at radius 3 is 1.56 bits per heavy atom. The van der Waals surface area contributed by atoms with E-state index in [9.17, 15) is 0 Å². The topological polar surface area (TPSA) is 57.2 Å². The third kappa shape index (κ3) is 4.22. The minimum absolute atomic E-state index is 0.561. The molecule has 0 spiro atoms. The second kappa shape index (κ2) is 8.12. The van der Waals surface area contributed by atoms with Gasteiger partial charge in [-0.25, -0.2) is 0 Å². The van der Waals surface area contributed by atoms with Gasteiger partial charge in [0, 0.05) is 17.8 Å². The zero-order valence-corrected chi connectivity index (χ0v) is 16.4. The molecule has 0 N–H and O–H groups in total. The summed E-state index contributed by atoms with van der Waals surface area (Å²) < 4.78 is 28.0. The number of hydrogen-bond donors (Lipinski definition) is 0. The number of aryl methyl sites for hydroxylation is 2. The summed E-state index contributed by atoms with van der Waals surface area (Å²) >= 11 is 0. The van der Waals surface area contributed by atoms with Crippen LogP contribution in [0.1, 0.15) is 23.0 Å². The van der Waals surface area contributed by atoms with Crippen molar-refractivity contribution >= 4 is 5.69 Å². The maximum atomic E-state index is 5.78. The van der Waals surface area contributed by atoms with Gasteiger partial charge in [0.25, 0.3) is 0 Å². The van der Waals surface area contributed by atoms with Gasteiger partial charge in [-0.15, -0.1) is 0 Å². The highest BCUT2D eigenvalue weighted by molar-refractivity contribution is 5.63. The highest BCUT2D eigenvalue weighted by atomic mass is 16.5. The smallest absolute Gasteiger partial charge is 0.203 e. The van der Waals surface area contributed by atoms with Crippen molar-refractivity contribution in [3.05, 3.63) is 59.4 Å². The van der Waals surface area contributed by atoms with E-state index in [4.69, 9.17) is 23.0 Å². The summed E-state index contributed by atoms with van der Waals surface area (Å²) in [6, 6.07) is 11.7. The van der Waals surface area contributed by atoms with Crippen LogP contribution in [0, 0.1) is 13.8 Å². The third-order valence-corrected chi connectivity index (χ3v) is 4.30. The Hall–Kier alpha value is -3.02. The molecule has 3 aromatic rings. The lowest BCUT2D eigenvalue weighted by Crippen LogP contribution is -2.21. The van der Waals surface area contributed by atoms with Crippen LogP contribution < -0.4 is 19.1 Å². The summed E-state index contributed by atoms with van der Waals surface area (Å²) in [5.41, 5.74) is 0.910. The van der Waals surface area contributed by atoms with E-state index in [-0.39, 0.29) is 0 Å². The minimum atomic E-state index is 0.561. The second-order valence-corrected chi connectivity index (χ2v) is 6.26. The summed E-state index contributed by atoms with van der Waals surface area (Å²) in [6.45, 7) is 5.02. The maximum absolute atomic E-state index is 5.78. The summed E-state index contributed by atoms with van der Waals surface area (Å²) in [7, 11) is 4.81. The van der Waals surface area contributed by atoms with Crippen molar-refractivity contribution in [1.29, 1.82) is 0 Å². The Labute approximate surface area is 159 Å². The highest BCUT2D eigenvalue weighted by Crippen LogP contribution is 2.41. The molecule has 2 heterocycles. The largest absolute Gasteiger partial charge is 0.493 e. The van der Waals surface area contributed by atoms with Crippen molar-refractivity contribution in [3.63, 3.8) is 0 Å². The first-order chi connectivity index (χ1) is 13.0. The Bertz CT molecular complexity index is 828. The number of hydrogen-bond acceptors (Lipinski definition) is 6. The average Bonchev–Trinajstić information content (AvgIpc) is 3.27. The normalized spacial score (nSPS) is 10.7. The van der Waals surface area contributed by atoms with Gasteiger partial charge in [0.1, 0.15) is 23.0 Å². The number of ether oxygens (including phenoxy) is 3. The molecule has 0 saturated heterocycles. The van der Waals surface area contributed by atoms with Crippen LogP contribution in [0.25, 0.3) is 0 Å². The molecule has 6 nitrogen and oxygen atoms in total. The van der Waals surface area contributed by atoms with Crippen LogP contribution in [0.2, 0.25) is 0 Å². The first-order valence-electron chi connectivity index (χ1n) is 8.69. The molecule has 0 unspecified atom stereocenters. The first-order valence-corrected chi connectivity index (χ1v) is 8.69. The molecule has 2 aromatic heterocycles. The van der Waals surface area contributed by atoms with Gasteiger partial charge >= 0.3 is 0 Å². The molecule has 6 heteroatoms. The Morgan fingerprint density at radius 1 is 0.741 bits per heavy atom. The SMILES string of the molecule is COc1cc(N(Cc2ccc(C)o2)Cc2ccc(C)o2)cc(OC)c1OC. The lowest BCUT2D eigenvalue weighted by atomic mass is 10.2. The monoisotopic (exact) mass is 371 g/mol. The summed E-state index contributed by atoms with van der Waals surface area (Å²) in [5.74, 6) is 5.25. The minimum Gasteiger partial charge on any atom is -0.493 e. The van der Waals surface area contributed by atoms with E-state index < -0.39 is 0 Å². The quantitative estimate of drug-likeness (QED) is 0.571. The molecule has 144 valence electrons. The Kier molecular flexibility index (Phi) is 5.64. The maximum Gasteiger partial charge on any atom is 0.203 e. The second-order valence-electron chi connectivity index (χ2n) is 6.26. The van der Waals surface area contributed by atoms with Gasteiger partial charge in [-0.1, -0.05) is 0 Å². The molecule has 27 heavy (non-hydrogen) atoms. The first kappa shape index (κ1) is 18.8. The van der Waals surface area contributed by atoms with E-state index in [1.54, 1.807) is 21.3 Å². The number of methoxy groups -OCH3 is 3. The molecule has 0 saturated carbocycles. The Balaban J connectivity index is 2.00. The molecule has 0 bridgehead atoms. The van der Waals surface area contributed by atoms with Gasteiger partial charge in [0.2, 0.25) is 5.75 Å². The van der Waals surface area contributed by atoms with Gasteiger partial charge in [0.15, 0.2) is 11.5 Å². The number of nitrogens with zero attached hydrogens (tertiary/aromatic N) is 1. The molecule has 0 atom stereocenters. The lowest BCUT2D eigenvalue weighted by Gasteiger charge is -2.25. The fourth-order valence-corrected chi connectivity index (χ4v) is 3.00. The van der Waals surface area contributed by atoms with Crippen LogP contribution >= 0.6 is 0 Å². The molecule has 0 fully saturated rings. The van der Waals surface area contributed by atoms with Crippen LogP contribution in [0.5, 0.6) is 17.2 Å². The van der Waals surface area contributed by atoms with E-state index in [2.05, 4.69) is 4.90 Å². The summed E-state index contributed by atoms with van der Waals surface area (Å²) in [6.07, 6.45) is 0. The lowest BCUT2D eigenvalue weighted by molar-refractivity contribution is 0.324. The van der Waals surface area contributed by atoms with Crippen molar-refractivity contribution in [3.8, 4) is 17.2 Å². The van der Waals surface area contributed by atoms with Gasteiger partial charge in [0.05, 0.1) is 34.4 Å². The van der Waals surface area contributed by atoms with Gasteiger partial charge in [-0.2, -0.15) is 0 Å². The van der Waals surface area contributed by atoms with E-state index in [0.29, 0.717) is 30.3 Å². The van der Waals surface area contributed by atoms with Gasteiger partial charge < -0.3 is 27.9 Å². The predicted molar refractivity (Wildman–Crippen MR) is 103 cm³/mol. The van der Waals surface area contributed by atoms with E-state index in [1.165, 1.54) is 0 Å². The van der Waals surface area contributed by atoms with Crippen molar-refractivity contribution < 1.29 is 23.0 Å². The average molecular weight is 371 g/mol. The molecule has 0 aliphatic carbocycles. The molecule has 0 radical (unpaired) electrons. The number of rotatable bonds is 8. The van der Waals surface area contributed by atoms with E-state index >= 15 is 0 Å². The van der Waals surface area contributed by atoms with Gasteiger partial charge in [-0.05, 0) is 38.1 Å². The zero-order chi connectivity index (χ0) is 19.4. The fraction of sp³-hybridized carbons (Fsp3) is 0.333. The van der Waals surface area contributed by atoms with Crippen LogP contribution in [0.4, 0.5) is 5.69 Å². The van der Waals surface area contributed by atoms with E-state index in [0.717, 1.165) is 28.7 Å². The Morgan fingerprint density at radius 2 is 1.22 bits per heavy atom. The van der Waals surface area contributed by atoms with Crippen molar-refractivity contribution in [1.82, 2.24) is 0 Å². The van der Waals surface area contributed by atoms with Crippen molar-refractivity contribution in [2.24, 2.45) is 0 Å². The molecular formula is C21H25NO5. The predicted octanol–water partition coefficient (Wildman–Crippen LogP) is 4.72. The van der Waals surface area contributed by atoms with Crippen molar-refractivity contribution in [2.45, 2.75) is 26.9 Å². The number of anilines is 1. The molecule has 1 aromatic carbocycles. The van der Waals surface area contributed by atoms with Crippen LogP contribution in [0.15, 0.2) is 45.2 Å². The third-order valence-electron chi connectivity index (χ3n) is 4.30. The van der Waals surface area contributed by atoms with Crippen molar-refractivity contribution in [2.75, 3.05) is 26.2 Å². The fourth-order valence-electron chi connectivity index (χ4n) is 3.00. The molecule has 0 amide bonds. The molecule has 3 rings (SSSR count). The molecule has 0 aliphatic rings. The number of benzene rings is 1. The van der Waals surface area contributed by atoms with Gasteiger partial charge in [-0.3, -0.25) is 0 Å². The molecule has 0 aliphatic heterocycles. The van der Waals surface area contributed by atoms with Crippen LogP contribution in [-0.4, -0.2) is 21.3 Å². The van der Waals surface area contributed by atoms with Crippen LogP contribution in [0.3, 0.4) is 0 Å². The van der Waals surface area contributed by atoms with E-state index in [1.807, 2.05) is 50.2 Å². The number of furan rings is 2. The highest BCUT2D eigenvalue weighted by Gasteiger charge is 2.19. The summed E-state index contributed by atoms with van der Waals surface area (Å²) in [4.78, 5) is 2.14. The molecular weight excluding hydrogens is 346 g/mol.